The molecule has 0 saturated carbocycles. The molecule has 1 aromatic rings. The summed E-state index contributed by atoms with van der Waals surface area (Å²) in [5.74, 6) is 0. The van der Waals surface area contributed by atoms with Crippen molar-refractivity contribution in [2.75, 3.05) is 0 Å². The quantitative estimate of drug-likeness (QED) is 0.552. The molecule has 0 spiro atoms. The van der Waals surface area contributed by atoms with E-state index >= 15 is 0 Å². The topological polar surface area (TPSA) is 0 Å². The van der Waals surface area contributed by atoms with Crippen LogP contribution in [0.1, 0.15) is 62.4 Å². The van der Waals surface area contributed by atoms with E-state index in [0.717, 1.165) is 0 Å². The van der Waals surface area contributed by atoms with Crippen molar-refractivity contribution < 1.29 is 0 Å². The molecule has 21 heavy (non-hydrogen) atoms. The Labute approximate surface area is 129 Å². The van der Waals surface area contributed by atoms with Gasteiger partial charge in [-0.3, -0.25) is 0 Å². The first-order chi connectivity index (χ1) is 10.2. The van der Waals surface area contributed by atoms with Gasteiger partial charge in [0.1, 0.15) is 0 Å². The molecule has 0 fully saturated rings. The van der Waals surface area contributed by atoms with Gasteiger partial charge in [-0.15, -0.1) is 0 Å². The van der Waals surface area contributed by atoms with E-state index in [1.165, 1.54) is 27.8 Å². The van der Waals surface area contributed by atoms with Crippen molar-refractivity contribution in [1.29, 1.82) is 0 Å². The maximum absolute atomic E-state index is 2.26. The summed E-state index contributed by atoms with van der Waals surface area (Å²) in [6.45, 7) is 10.3. The van der Waals surface area contributed by atoms with E-state index < -0.39 is 0 Å². The van der Waals surface area contributed by atoms with Crippen LogP contribution in [0.4, 0.5) is 0 Å². The van der Waals surface area contributed by atoms with Gasteiger partial charge < -0.3 is 0 Å². The normalized spacial score (nSPS) is 13.0. The Hall–Kier alpha value is -2.08. The molecule has 0 saturated heterocycles. The molecule has 0 amide bonds. The second kappa shape index (κ2) is 8.97. The van der Waals surface area contributed by atoms with Crippen molar-refractivity contribution in [3.8, 4) is 0 Å². The predicted octanol–water partition coefficient (Wildman–Crippen LogP) is 6.85. The molecule has 0 heterocycles. The SMILES string of the molecule is CC=Cc1cc(C=CC)c(C=CC)c(C=CC)c1C=CC. The summed E-state index contributed by atoms with van der Waals surface area (Å²) in [5, 5.41) is 0. The van der Waals surface area contributed by atoms with Crippen LogP contribution in [-0.2, 0) is 0 Å². The van der Waals surface area contributed by atoms with Gasteiger partial charge in [-0.05, 0) is 68.5 Å². The summed E-state index contributed by atoms with van der Waals surface area (Å²) in [7, 11) is 0. The minimum absolute atomic E-state index is 1.25. The molecule has 0 nitrogen and oxygen atoms in total. The van der Waals surface area contributed by atoms with Crippen LogP contribution in [0.15, 0.2) is 36.4 Å². The molecule has 0 radical (unpaired) electrons. The molecule has 110 valence electrons. The first-order valence-corrected chi connectivity index (χ1v) is 7.57. The van der Waals surface area contributed by atoms with Crippen LogP contribution in [0.2, 0.25) is 0 Å². The van der Waals surface area contributed by atoms with Crippen molar-refractivity contribution in [1.82, 2.24) is 0 Å². The fraction of sp³-hybridized carbons (Fsp3) is 0.238. The van der Waals surface area contributed by atoms with Crippen LogP contribution < -0.4 is 0 Å². The van der Waals surface area contributed by atoms with Gasteiger partial charge in [0.2, 0.25) is 0 Å². The molecule has 0 aliphatic heterocycles. The Morgan fingerprint density at radius 3 is 1.14 bits per heavy atom. The second-order valence-corrected chi connectivity index (χ2v) is 4.80. The molecule has 0 N–H and O–H groups in total. The highest BCUT2D eigenvalue weighted by molar-refractivity contribution is 5.84. The smallest absolute Gasteiger partial charge is 0.0103 e. The van der Waals surface area contributed by atoms with Gasteiger partial charge in [0.25, 0.3) is 0 Å². The number of benzene rings is 1. The standard InChI is InChI=1S/C21H26/c1-6-11-17-16-18(12-7-2)20(14-9-4)21(15-10-5)19(17)13-8-3/h6-16H,1-5H3. The van der Waals surface area contributed by atoms with Crippen LogP contribution in [0, 0.1) is 0 Å². The van der Waals surface area contributed by atoms with Crippen molar-refractivity contribution in [3.05, 3.63) is 64.3 Å². The summed E-state index contributed by atoms with van der Waals surface area (Å²) in [6, 6.07) is 2.26. The molecular weight excluding hydrogens is 252 g/mol. The summed E-state index contributed by atoms with van der Waals surface area (Å²) in [6.07, 6.45) is 21.4. The average Bonchev–Trinajstić information content (AvgIpc) is 2.47. The Morgan fingerprint density at radius 2 is 0.810 bits per heavy atom. The molecule has 0 aromatic heterocycles. The Kier molecular flexibility index (Phi) is 7.25. The van der Waals surface area contributed by atoms with Gasteiger partial charge in [-0.2, -0.15) is 0 Å². The third-order valence-electron chi connectivity index (χ3n) is 3.21. The highest BCUT2D eigenvalue weighted by atomic mass is 14.1. The van der Waals surface area contributed by atoms with Crippen molar-refractivity contribution in [2.45, 2.75) is 34.6 Å². The zero-order valence-electron chi connectivity index (χ0n) is 13.9. The van der Waals surface area contributed by atoms with Gasteiger partial charge in [0.15, 0.2) is 0 Å². The average molecular weight is 278 g/mol. The van der Waals surface area contributed by atoms with Crippen LogP contribution in [-0.4, -0.2) is 0 Å². The lowest BCUT2D eigenvalue weighted by Crippen LogP contribution is -1.95. The van der Waals surface area contributed by atoms with E-state index in [-0.39, 0.29) is 0 Å². The molecule has 1 aromatic carbocycles. The van der Waals surface area contributed by atoms with E-state index in [1.54, 1.807) is 0 Å². The number of rotatable bonds is 5. The zero-order valence-corrected chi connectivity index (χ0v) is 13.9. The fourth-order valence-electron chi connectivity index (χ4n) is 2.47. The van der Waals surface area contributed by atoms with E-state index in [4.69, 9.17) is 0 Å². The Balaban J connectivity index is 3.86. The number of hydrogen-bond acceptors (Lipinski definition) is 0. The molecule has 0 aliphatic carbocycles. The second-order valence-electron chi connectivity index (χ2n) is 4.80. The molecule has 0 unspecified atom stereocenters. The first-order valence-electron chi connectivity index (χ1n) is 7.57. The molecule has 0 bridgehead atoms. The summed E-state index contributed by atoms with van der Waals surface area (Å²) in [5.41, 5.74) is 6.33. The minimum atomic E-state index is 1.25. The van der Waals surface area contributed by atoms with E-state index in [9.17, 15) is 0 Å². The summed E-state index contributed by atoms with van der Waals surface area (Å²) >= 11 is 0. The summed E-state index contributed by atoms with van der Waals surface area (Å²) in [4.78, 5) is 0. The maximum Gasteiger partial charge on any atom is -0.0103 e. The Bertz CT molecular complexity index is 559. The minimum Gasteiger partial charge on any atom is -0.0870 e. The maximum atomic E-state index is 2.26. The van der Waals surface area contributed by atoms with Crippen LogP contribution in [0.25, 0.3) is 30.4 Å². The van der Waals surface area contributed by atoms with Crippen molar-refractivity contribution in [3.63, 3.8) is 0 Å². The van der Waals surface area contributed by atoms with Gasteiger partial charge in [0.05, 0.1) is 0 Å². The van der Waals surface area contributed by atoms with E-state index in [2.05, 4.69) is 101 Å². The lowest BCUT2D eigenvalue weighted by molar-refractivity contribution is 1.49. The van der Waals surface area contributed by atoms with Crippen LogP contribution in [0.5, 0.6) is 0 Å². The number of hydrogen-bond donors (Lipinski definition) is 0. The number of allylic oxidation sites excluding steroid dienone is 5. The fourth-order valence-corrected chi connectivity index (χ4v) is 2.47. The first kappa shape index (κ1) is 17.0. The van der Waals surface area contributed by atoms with Gasteiger partial charge in [-0.1, -0.05) is 60.8 Å². The molecule has 0 aliphatic rings. The van der Waals surface area contributed by atoms with Gasteiger partial charge in [-0.25, -0.2) is 0 Å². The molecule has 1 rings (SSSR count). The highest BCUT2D eigenvalue weighted by Crippen LogP contribution is 2.29. The van der Waals surface area contributed by atoms with Crippen molar-refractivity contribution >= 4 is 30.4 Å². The van der Waals surface area contributed by atoms with Crippen LogP contribution in [0.3, 0.4) is 0 Å². The Morgan fingerprint density at radius 1 is 0.476 bits per heavy atom. The molecule has 0 atom stereocenters. The lowest BCUT2D eigenvalue weighted by Gasteiger charge is -2.14. The van der Waals surface area contributed by atoms with E-state index in [0.29, 0.717) is 0 Å². The van der Waals surface area contributed by atoms with Crippen molar-refractivity contribution in [2.24, 2.45) is 0 Å². The highest BCUT2D eigenvalue weighted by Gasteiger charge is 2.10. The van der Waals surface area contributed by atoms with E-state index in [1.807, 2.05) is 0 Å². The zero-order chi connectivity index (χ0) is 15.7. The third kappa shape index (κ3) is 4.19. The van der Waals surface area contributed by atoms with Gasteiger partial charge >= 0.3 is 0 Å². The monoisotopic (exact) mass is 278 g/mol. The largest absolute Gasteiger partial charge is 0.0870 e. The lowest BCUT2D eigenvalue weighted by atomic mass is 9.90. The van der Waals surface area contributed by atoms with Crippen LogP contribution >= 0.6 is 0 Å². The third-order valence-corrected chi connectivity index (χ3v) is 3.21. The van der Waals surface area contributed by atoms with Gasteiger partial charge in [0, 0.05) is 0 Å². The predicted molar refractivity (Wildman–Crippen MR) is 100.0 cm³/mol. The summed E-state index contributed by atoms with van der Waals surface area (Å²) < 4.78 is 0. The molecule has 0 heteroatoms. The molecular formula is C21H26.